The molecule has 4 aromatic rings. The lowest BCUT2D eigenvalue weighted by Crippen LogP contribution is -2.42. The van der Waals surface area contributed by atoms with Crippen LogP contribution in [0, 0.1) is 5.92 Å². The molecule has 3 heterocycles. The van der Waals surface area contributed by atoms with Crippen molar-refractivity contribution in [1.82, 2.24) is 15.3 Å². The van der Waals surface area contributed by atoms with Crippen LogP contribution in [0.3, 0.4) is 0 Å². The number of hydrogen-bond acceptors (Lipinski definition) is 9. The van der Waals surface area contributed by atoms with Gasteiger partial charge in [0, 0.05) is 23.2 Å². The smallest absolute Gasteiger partial charge is 0.336 e. The van der Waals surface area contributed by atoms with Crippen molar-refractivity contribution in [2.75, 3.05) is 6.54 Å². The number of rotatable bonds is 10. The molecule has 0 radical (unpaired) electrons. The number of carbonyl (C=O) groups is 4. The Morgan fingerprint density at radius 2 is 1.38 bits per heavy atom. The monoisotopic (exact) mass is 553 g/mol. The third kappa shape index (κ3) is 7.51. The molecule has 1 aromatic carbocycles. The molecule has 0 unspecified atom stereocenters. The Morgan fingerprint density at radius 3 is 1.80 bits per heavy atom. The Bertz CT molecular complexity index is 1480. The summed E-state index contributed by atoms with van der Waals surface area (Å²) in [6, 6.07) is 9.02. The minimum absolute atomic E-state index is 0.115. The van der Waals surface area contributed by atoms with Gasteiger partial charge in [0.1, 0.15) is 11.4 Å². The predicted octanol–water partition coefficient (Wildman–Crippen LogP) is 3.29. The van der Waals surface area contributed by atoms with Gasteiger partial charge < -0.3 is 34.6 Å². The number of furan rings is 2. The number of carboxylic acid groups (broad SMARTS) is 3. The summed E-state index contributed by atoms with van der Waals surface area (Å²) >= 11 is 0. The number of fused-ring (bicyclic) bond motifs is 1. The van der Waals surface area contributed by atoms with E-state index in [1.165, 1.54) is 0 Å². The van der Waals surface area contributed by atoms with Crippen LogP contribution in [0.4, 0.5) is 0 Å². The number of carboxylic acids is 3. The van der Waals surface area contributed by atoms with Gasteiger partial charge in [-0.05, 0) is 36.2 Å². The van der Waals surface area contributed by atoms with E-state index in [0.29, 0.717) is 40.4 Å². The van der Waals surface area contributed by atoms with Gasteiger partial charge in [-0.25, -0.2) is 14.8 Å². The third-order valence-electron chi connectivity index (χ3n) is 5.47. The van der Waals surface area contributed by atoms with Crippen molar-refractivity contribution in [3.63, 3.8) is 0 Å². The number of carbonyl (C=O) groups excluding carboxylic acids is 1. The summed E-state index contributed by atoms with van der Waals surface area (Å²) in [5.74, 6) is -4.75. The second-order valence-corrected chi connectivity index (χ2v) is 9.23. The molecule has 13 nitrogen and oxygen atoms in total. The molecule has 40 heavy (non-hydrogen) atoms. The quantitative estimate of drug-likeness (QED) is 0.191. The highest BCUT2D eigenvalue weighted by molar-refractivity contribution is 5.98. The zero-order valence-corrected chi connectivity index (χ0v) is 21.5. The fourth-order valence-electron chi connectivity index (χ4n) is 3.51. The van der Waals surface area contributed by atoms with E-state index in [9.17, 15) is 19.2 Å². The Kier molecular flexibility index (Phi) is 9.35. The molecule has 0 aliphatic rings. The first-order chi connectivity index (χ1) is 18.9. The van der Waals surface area contributed by atoms with E-state index in [2.05, 4.69) is 19.2 Å². The molecule has 0 spiro atoms. The molecule has 210 valence electrons. The highest BCUT2D eigenvalue weighted by atomic mass is 16.4. The Labute approximate surface area is 227 Å². The molecule has 13 heteroatoms. The molecule has 5 N–H and O–H groups in total. The van der Waals surface area contributed by atoms with Gasteiger partial charge in [-0.15, -0.1) is 0 Å². The number of nitrogens with zero attached hydrogens (tertiary/aromatic N) is 2. The fraction of sp³-hybridized carbons (Fsp3) is 0.259. The summed E-state index contributed by atoms with van der Waals surface area (Å²) in [5, 5.41) is 36.7. The molecule has 1 amide bonds. The molecule has 0 saturated carbocycles. The van der Waals surface area contributed by atoms with Crippen LogP contribution in [-0.4, -0.2) is 66.4 Å². The molecule has 0 fully saturated rings. The first-order valence-corrected chi connectivity index (χ1v) is 11.9. The van der Waals surface area contributed by atoms with Crippen molar-refractivity contribution in [2.45, 2.75) is 32.3 Å². The maximum atomic E-state index is 12.4. The number of aliphatic carboxylic acids is 3. The standard InChI is InChI=1S/C21H19N3O3.C6H8O7/c1-13(2)10-22-21(25)14-3-4-17-18(9-14)24-20(16-6-8-27-12-16)19(23-17)15-5-7-26-11-15;7-3(8)1-6(13,5(11)12)2-4(9)10/h3-9,11-13H,10H2,1-2H3,(H,22,25);13H,1-2H2,(H,7,8)(H,9,10)(H,11,12). The van der Waals surface area contributed by atoms with Crippen LogP contribution in [-0.2, 0) is 14.4 Å². The average molecular weight is 554 g/mol. The number of nitrogens with one attached hydrogen (secondary N) is 1. The van der Waals surface area contributed by atoms with Crippen molar-refractivity contribution in [3.05, 3.63) is 60.9 Å². The van der Waals surface area contributed by atoms with E-state index in [4.69, 9.17) is 39.2 Å². The first kappa shape index (κ1) is 29.5. The van der Waals surface area contributed by atoms with Crippen LogP contribution in [0.5, 0.6) is 0 Å². The topological polar surface area (TPSA) is 213 Å². The van der Waals surface area contributed by atoms with Crippen molar-refractivity contribution in [2.24, 2.45) is 5.92 Å². The van der Waals surface area contributed by atoms with E-state index in [0.717, 1.165) is 11.1 Å². The second kappa shape index (κ2) is 12.7. The highest BCUT2D eigenvalue weighted by Gasteiger charge is 2.40. The van der Waals surface area contributed by atoms with E-state index >= 15 is 0 Å². The minimum Gasteiger partial charge on any atom is -0.481 e. The second-order valence-electron chi connectivity index (χ2n) is 9.23. The Balaban J connectivity index is 0.000000289. The lowest BCUT2D eigenvalue weighted by atomic mass is 9.96. The molecule has 0 atom stereocenters. The van der Waals surface area contributed by atoms with Gasteiger partial charge in [-0.3, -0.25) is 14.4 Å². The SMILES string of the molecule is CC(C)CNC(=O)c1ccc2nc(-c3ccoc3)c(-c3ccoc3)nc2c1.O=C(O)CC(O)(CC(=O)O)C(=O)O. The first-order valence-electron chi connectivity index (χ1n) is 11.9. The van der Waals surface area contributed by atoms with Gasteiger partial charge in [0.2, 0.25) is 0 Å². The van der Waals surface area contributed by atoms with E-state index in [1.807, 2.05) is 18.2 Å². The van der Waals surface area contributed by atoms with Crippen molar-refractivity contribution in [3.8, 4) is 22.5 Å². The van der Waals surface area contributed by atoms with Crippen molar-refractivity contribution in [1.29, 1.82) is 0 Å². The summed E-state index contributed by atoms with van der Waals surface area (Å²) in [6.07, 6.45) is 4.16. The lowest BCUT2D eigenvalue weighted by Gasteiger charge is -2.18. The Hall–Kier alpha value is -5.04. The number of aliphatic hydroxyl groups is 1. The Morgan fingerprint density at radius 1 is 0.850 bits per heavy atom. The number of amides is 1. The third-order valence-corrected chi connectivity index (χ3v) is 5.47. The van der Waals surface area contributed by atoms with E-state index in [-0.39, 0.29) is 5.91 Å². The summed E-state index contributed by atoms with van der Waals surface area (Å²) in [5.41, 5.74) is 2.21. The van der Waals surface area contributed by atoms with E-state index in [1.54, 1.807) is 37.2 Å². The molecule has 0 aliphatic heterocycles. The highest BCUT2D eigenvalue weighted by Crippen LogP contribution is 2.31. The van der Waals surface area contributed by atoms with Crippen LogP contribution in [0.25, 0.3) is 33.5 Å². The van der Waals surface area contributed by atoms with Gasteiger partial charge in [0.05, 0.1) is 48.9 Å². The normalized spacial score (nSPS) is 11.1. The maximum Gasteiger partial charge on any atom is 0.336 e. The summed E-state index contributed by atoms with van der Waals surface area (Å²) < 4.78 is 10.4. The maximum absolute atomic E-state index is 12.4. The minimum atomic E-state index is -2.74. The van der Waals surface area contributed by atoms with Gasteiger partial charge in [-0.2, -0.15) is 0 Å². The zero-order chi connectivity index (χ0) is 29.4. The average Bonchev–Trinajstić information content (AvgIpc) is 3.60. The molecular weight excluding hydrogens is 526 g/mol. The largest absolute Gasteiger partial charge is 0.481 e. The summed E-state index contributed by atoms with van der Waals surface area (Å²) in [7, 11) is 0. The molecule has 4 rings (SSSR count). The molecule has 0 bridgehead atoms. The van der Waals surface area contributed by atoms with Crippen molar-refractivity contribution < 1.29 is 48.4 Å². The number of benzene rings is 1. The van der Waals surface area contributed by atoms with Gasteiger partial charge >= 0.3 is 17.9 Å². The molecule has 3 aromatic heterocycles. The van der Waals surface area contributed by atoms with Crippen LogP contribution < -0.4 is 5.32 Å². The van der Waals surface area contributed by atoms with Gasteiger partial charge in [0.15, 0.2) is 5.60 Å². The van der Waals surface area contributed by atoms with Crippen LogP contribution >= 0.6 is 0 Å². The molecule has 0 saturated heterocycles. The van der Waals surface area contributed by atoms with Gasteiger partial charge in [0.25, 0.3) is 5.91 Å². The van der Waals surface area contributed by atoms with E-state index < -0.39 is 36.4 Å². The predicted molar refractivity (Wildman–Crippen MR) is 139 cm³/mol. The molecular formula is C27H27N3O10. The van der Waals surface area contributed by atoms with Crippen LogP contribution in [0.2, 0.25) is 0 Å². The fourth-order valence-corrected chi connectivity index (χ4v) is 3.51. The molecule has 0 aliphatic carbocycles. The number of hydrogen-bond donors (Lipinski definition) is 5. The summed E-state index contributed by atoms with van der Waals surface area (Å²) in [4.78, 5) is 52.4. The van der Waals surface area contributed by atoms with Crippen LogP contribution in [0.1, 0.15) is 37.0 Å². The number of aromatic nitrogens is 2. The zero-order valence-electron chi connectivity index (χ0n) is 21.5. The van der Waals surface area contributed by atoms with Crippen LogP contribution in [0.15, 0.2) is 64.2 Å². The van der Waals surface area contributed by atoms with Gasteiger partial charge in [-0.1, -0.05) is 13.8 Å². The van der Waals surface area contributed by atoms with Crippen molar-refractivity contribution >= 4 is 34.8 Å². The summed E-state index contributed by atoms with van der Waals surface area (Å²) in [6.45, 7) is 4.74. The lowest BCUT2D eigenvalue weighted by molar-refractivity contribution is -0.170.